The van der Waals surface area contributed by atoms with E-state index >= 15 is 0 Å². The molecule has 1 aliphatic rings. The molecule has 0 aliphatic carbocycles. The van der Waals surface area contributed by atoms with Gasteiger partial charge in [0.1, 0.15) is 18.3 Å². The van der Waals surface area contributed by atoms with Gasteiger partial charge in [-0.1, -0.05) is 37.6 Å². The lowest BCUT2D eigenvalue weighted by Crippen LogP contribution is -2.49. The molecule has 3 aromatic rings. The third kappa shape index (κ3) is 4.38. The second-order valence-electron chi connectivity index (χ2n) is 8.68. The number of rotatable bonds is 7. The average molecular weight is 461 g/mol. The number of amides is 3. The van der Waals surface area contributed by atoms with E-state index in [9.17, 15) is 9.59 Å². The van der Waals surface area contributed by atoms with Crippen LogP contribution in [0.5, 0.6) is 5.75 Å². The summed E-state index contributed by atoms with van der Waals surface area (Å²) in [5.41, 5.74) is 3.74. The van der Waals surface area contributed by atoms with Gasteiger partial charge in [0.25, 0.3) is 0 Å². The molecule has 4 rings (SSSR count). The van der Waals surface area contributed by atoms with Crippen LogP contribution in [0.3, 0.4) is 0 Å². The van der Waals surface area contributed by atoms with E-state index in [1.165, 1.54) is 4.90 Å². The van der Waals surface area contributed by atoms with E-state index in [1.54, 1.807) is 26.1 Å². The molecular weight excluding hydrogens is 428 g/mol. The Labute approximate surface area is 201 Å². The molecule has 2 heterocycles. The average Bonchev–Trinajstić information content (AvgIpc) is 3.35. The zero-order chi connectivity index (χ0) is 24.2. The summed E-state index contributed by atoms with van der Waals surface area (Å²) in [6, 6.07) is 19.3. The van der Waals surface area contributed by atoms with E-state index in [0.717, 1.165) is 41.2 Å². The Kier molecular flexibility index (Phi) is 6.91. The third-order valence-corrected chi connectivity index (χ3v) is 6.18. The predicted octanol–water partition coefficient (Wildman–Crippen LogP) is 4.71. The van der Waals surface area contributed by atoms with Crippen LogP contribution >= 0.6 is 0 Å². The van der Waals surface area contributed by atoms with Gasteiger partial charge in [-0.3, -0.25) is 9.69 Å². The van der Waals surface area contributed by atoms with Crippen molar-refractivity contribution in [3.63, 3.8) is 0 Å². The Morgan fingerprint density at radius 2 is 1.68 bits per heavy atom. The van der Waals surface area contributed by atoms with Crippen molar-refractivity contribution in [1.82, 2.24) is 14.4 Å². The van der Waals surface area contributed by atoms with Crippen LogP contribution < -0.4 is 9.64 Å². The van der Waals surface area contributed by atoms with E-state index in [4.69, 9.17) is 4.74 Å². The Morgan fingerprint density at radius 3 is 2.32 bits per heavy atom. The summed E-state index contributed by atoms with van der Waals surface area (Å²) < 4.78 is 7.48. The minimum atomic E-state index is -0.328. The van der Waals surface area contributed by atoms with Crippen molar-refractivity contribution in [3.05, 3.63) is 78.1 Å². The summed E-state index contributed by atoms with van der Waals surface area (Å²) in [6.07, 6.45) is 3.81. The molecule has 178 valence electrons. The minimum absolute atomic E-state index is 0.0126. The fraction of sp³-hybridized carbons (Fsp3) is 0.333. The highest BCUT2D eigenvalue weighted by atomic mass is 16.5. The van der Waals surface area contributed by atoms with Crippen LogP contribution in [0.4, 0.5) is 10.5 Å². The fourth-order valence-electron chi connectivity index (χ4n) is 4.48. The molecule has 7 heteroatoms. The number of benzene rings is 2. The zero-order valence-corrected chi connectivity index (χ0v) is 20.3. The van der Waals surface area contributed by atoms with Gasteiger partial charge in [-0.05, 0) is 48.4 Å². The van der Waals surface area contributed by atoms with Gasteiger partial charge >= 0.3 is 6.03 Å². The van der Waals surface area contributed by atoms with Crippen LogP contribution in [0.15, 0.2) is 66.9 Å². The largest absolute Gasteiger partial charge is 0.497 e. The normalized spacial score (nSPS) is 14.2. The number of hydrogen-bond acceptors (Lipinski definition) is 3. The number of carbonyl (C=O) groups is 2. The molecule has 0 saturated carbocycles. The van der Waals surface area contributed by atoms with Crippen LogP contribution in [0.25, 0.3) is 5.69 Å². The van der Waals surface area contributed by atoms with Crippen molar-refractivity contribution < 1.29 is 14.3 Å². The van der Waals surface area contributed by atoms with E-state index in [1.807, 2.05) is 71.8 Å². The molecule has 0 radical (unpaired) electrons. The van der Waals surface area contributed by atoms with E-state index in [0.29, 0.717) is 6.54 Å². The first-order valence-corrected chi connectivity index (χ1v) is 11.6. The van der Waals surface area contributed by atoms with Crippen LogP contribution in [0.1, 0.15) is 37.1 Å². The summed E-state index contributed by atoms with van der Waals surface area (Å²) in [5.74, 6) is 0.641. The molecule has 2 aromatic carbocycles. The highest BCUT2D eigenvalue weighted by Gasteiger charge is 2.37. The van der Waals surface area contributed by atoms with E-state index in [-0.39, 0.29) is 24.5 Å². The molecule has 3 amide bonds. The maximum atomic E-state index is 14.0. The minimum Gasteiger partial charge on any atom is -0.497 e. The topological polar surface area (TPSA) is 58.0 Å². The first kappa shape index (κ1) is 23.4. The van der Waals surface area contributed by atoms with Gasteiger partial charge in [-0.15, -0.1) is 0 Å². The van der Waals surface area contributed by atoms with Crippen LogP contribution in [0, 0.1) is 0 Å². The number of fused-ring (bicyclic) bond motifs is 3. The van der Waals surface area contributed by atoms with Crippen molar-refractivity contribution in [2.45, 2.75) is 25.8 Å². The van der Waals surface area contributed by atoms with Crippen molar-refractivity contribution in [2.75, 3.05) is 39.2 Å². The van der Waals surface area contributed by atoms with Crippen molar-refractivity contribution in [3.8, 4) is 11.4 Å². The van der Waals surface area contributed by atoms with Crippen molar-refractivity contribution in [2.24, 2.45) is 0 Å². The predicted molar refractivity (Wildman–Crippen MR) is 134 cm³/mol. The molecule has 34 heavy (non-hydrogen) atoms. The SMILES string of the molecule is CCCCN(CC(=O)N1c2ccccc2-n2cccc2C1c1ccc(OC)cc1)C(=O)N(C)C. The maximum absolute atomic E-state index is 14.0. The standard InChI is InChI=1S/C27H32N4O3/c1-5-6-17-29(27(33)28(2)3)19-25(32)31-23-11-8-7-10-22(23)30-18-9-12-24(30)26(31)20-13-15-21(34-4)16-14-20/h7-16,18,26H,5-6,17,19H2,1-4H3. The summed E-state index contributed by atoms with van der Waals surface area (Å²) in [6.45, 7) is 2.63. The Hall–Kier alpha value is -3.74. The molecular formula is C27H32N4O3. The quantitative estimate of drug-likeness (QED) is 0.513. The number of para-hydroxylation sites is 2. The molecule has 0 fully saturated rings. The molecule has 0 bridgehead atoms. The molecule has 1 aliphatic heterocycles. The van der Waals surface area contributed by atoms with Gasteiger partial charge in [0.15, 0.2) is 0 Å². The molecule has 1 aromatic heterocycles. The number of aromatic nitrogens is 1. The summed E-state index contributed by atoms with van der Waals surface area (Å²) in [7, 11) is 5.07. The number of carbonyl (C=O) groups excluding carboxylic acids is 2. The molecule has 0 N–H and O–H groups in total. The van der Waals surface area contributed by atoms with Crippen molar-refractivity contribution >= 4 is 17.6 Å². The molecule has 1 unspecified atom stereocenters. The van der Waals surface area contributed by atoms with Gasteiger partial charge in [0.05, 0.1) is 24.2 Å². The first-order chi connectivity index (χ1) is 16.5. The fourth-order valence-corrected chi connectivity index (χ4v) is 4.48. The van der Waals surface area contributed by atoms with Gasteiger partial charge < -0.3 is 19.1 Å². The van der Waals surface area contributed by atoms with E-state index < -0.39 is 0 Å². The highest BCUT2D eigenvalue weighted by Crippen LogP contribution is 2.42. The lowest BCUT2D eigenvalue weighted by atomic mass is 9.97. The number of urea groups is 1. The highest BCUT2D eigenvalue weighted by molar-refractivity contribution is 6.00. The molecule has 0 saturated heterocycles. The Balaban J connectivity index is 1.78. The van der Waals surface area contributed by atoms with Gasteiger partial charge in [0, 0.05) is 26.8 Å². The van der Waals surface area contributed by atoms with Crippen molar-refractivity contribution in [1.29, 1.82) is 0 Å². The first-order valence-electron chi connectivity index (χ1n) is 11.6. The third-order valence-electron chi connectivity index (χ3n) is 6.18. The van der Waals surface area contributed by atoms with E-state index in [2.05, 4.69) is 11.5 Å². The zero-order valence-electron chi connectivity index (χ0n) is 20.3. The lowest BCUT2D eigenvalue weighted by Gasteiger charge is -2.39. The Bertz CT molecular complexity index is 1150. The number of anilines is 1. The van der Waals surface area contributed by atoms with Crippen LogP contribution in [-0.2, 0) is 4.79 Å². The smallest absolute Gasteiger partial charge is 0.319 e. The number of methoxy groups -OCH3 is 1. The molecule has 7 nitrogen and oxygen atoms in total. The van der Waals surface area contributed by atoms with Crippen LogP contribution in [0.2, 0.25) is 0 Å². The second kappa shape index (κ2) is 10.0. The summed E-state index contributed by atoms with van der Waals surface area (Å²) in [4.78, 5) is 31.8. The second-order valence-corrected chi connectivity index (χ2v) is 8.68. The summed E-state index contributed by atoms with van der Waals surface area (Å²) in [5, 5.41) is 0. The van der Waals surface area contributed by atoms with Gasteiger partial charge in [-0.25, -0.2) is 4.79 Å². The number of hydrogen-bond donors (Lipinski definition) is 0. The number of nitrogens with zero attached hydrogens (tertiary/aromatic N) is 4. The van der Waals surface area contributed by atoms with Gasteiger partial charge in [0.2, 0.25) is 5.91 Å². The lowest BCUT2D eigenvalue weighted by molar-refractivity contribution is -0.119. The van der Waals surface area contributed by atoms with Crippen LogP contribution in [-0.4, -0.2) is 60.6 Å². The summed E-state index contributed by atoms with van der Waals surface area (Å²) >= 11 is 0. The maximum Gasteiger partial charge on any atom is 0.319 e. The van der Waals surface area contributed by atoms with Gasteiger partial charge in [-0.2, -0.15) is 0 Å². The number of unbranched alkanes of at least 4 members (excludes halogenated alkanes) is 1. The number of ether oxygens (including phenoxy) is 1. The molecule has 1 atom stereocenters. The Morgan fingerprint density at radius 1 is 0.971 bits per heavy atom. The monoisotopic (exact) mass is 460 g/mol. The molecule has 0 spiro atoms.